The van der Waals surface area contributed by atoms with Crippen molar-refractivity contribution in [1.82, 2.24) is 0 Å². The van der Waals surface area contributed by atoms with E-state index in [2.05, 4.69) is 0 Å². The molecule has 0 saturated carbocycles. The molecule has 11 heavy (non-hydrogen) atoms. The van der Waals surface area contributed by atoms with Gasteiger partial charge in [0.15, 0.2) is 6.17 Å². The van der Waals surface area contributed by atoms with Crippen LogP contribution in [0.15, 0.2) is 0 Å². The van der Waals surface area contributed by atoms with E-state index in [1.807, 2.05) is 0 Å². The molecular weight excluding hydrogens is 185 g/mol. The molecule has 0 rings (SSSR count). The Balaban J connectivity index is 4.14. The lowest BCUT2D eigenvalue weighted by molar-refractivity contribution is 0.192. The SMILES string of the molecule is O=S(=O)(O)C(F)C(F)CCF. The largest absolute Gasteiger partial charge is 0.300 e. The first-order chi connectivity index (χ1) is 4.89. The standard InChI is InChI=1S/C4H7F3O3S/c5-2-1-3(6)4(7)11(8,9)10/h3-4H,1-2H2,(H,8,9,10). The van der Waals surface area contributed by atoms with E-state index in [0.29, 0.717) is 0 Å². The zero-order valence-electron chi connectivity index (χ0n) is 5.37. The summed E-state index contributed by atoms with van der Waals surface area (Å²) >= 11 is 0. The van der Waals surface area contributed by atoms with E-state index in [9.17, 15) is 21.6 Å². The fourth-order valence-corrected chi connectivity index (χ4v) is 0.931. The fourth-order valence-electron chi connectivity index (χ4n) is 0.422. The van der Waals surface area contributed by atoms with Crippen molar-refractivity contribution in [2.75, 3.05) is 6.67 Å². The molecule has 0 aliphatic rings. The first-order valence-electron chi connectivity index (χ1n) is 2.70. The highest BCUT2D eigenvalue weighted by Crippen LogP contribution is 2.13. The van der Waals surface area contributed by atoms with Gasteiger partial charge in [0.25, 0.3) is 5.50 Å². The quantitative estimate of drug-likeness (QED) is 0.672. The summed E-state index contributed by atoms with van der Waals surface area (Å²) in [5.74, 6) is 0. The van der Waals surface area contributed by atoms with Crippen LogP contribution in [-0.4, -0.2) is 31.3 Å². The monoisotopic (exact) mass is 192 g/mol. The van der Waals surface area contributed by atoms with E-state index >= 15 is 0 Å². The van der Waals surface area contributed by atoms with E-state index in [4.69, 9.17) is 4.55 Å². The second kappa shape index (κ2) is 3.91. The number of halogens is 3. The summed E-state index contributed by atoms with van der Waals surface area (Å²) in [5.41, 5.74) is -3.04. The zero-order chi connectivity index (χ0) is 9.07. The molecule has 2 atom stereocenters. The first-order valence-corrected chi connectivity index (χ1v) is 4.20. The van der Waals surface area contributed by atoms with Crippen LogP contribution in [0.4, 0.5) is 13.2 Å². The van der Waals surface area contributed by atoms with E-state index < -0.39 is 34.9 Å². The summed E-state index contributed by atoms with van der Waals surface area (Å²) in [5, 5.41) is 0. The highest BCUT2D eigenvalue weighted by molar-refractivity contribution is 7.86. The third-order valence-electron chi connectivity index (χ3n) is 0.954. The lowest BCUT2D eigenvalue weighted by Gasteiger charge is -2.07. The Bertz CT molecular complexity index is 203. The maximum Gasteiger partial charge on any atom is 0.300 e. The molecule has 0 aromatic carbocycles. The third-order valence-corrected chi connectivity index (χ3v) is 1.82. The minimum absolute atomic E-state index is 0.874. The van der Waals surface area contributed by atoms with Gasteiger partial charge >= 0.3 is 10.1 Å². The highest BCUT2D eigenvalue weighted by Gasteiger charge is 2.31. The van der Waals surface area contributed by atoms with E-state index in [-0.39, 0.29) is 0 Å². The molecule has 0 bridgehead atoms. The minimum atomic E-state index is -5.03. The Hall–Kier alpha value is -0.300. The molecule has 3 nitrogen and oxygen atoms in total. The average Bonchev–Trinajstić information content (AvgIpc) is 1.85. The van der Waals surface area contributed by atoms with Crippen LogP contribution >= 0.6 is 0 Å². The van der Waals surface area contributed by atoms with Crippen LogP contribution in [0.2, 0.25) is 0 Å². The van der Waals surface area contributed by atoms with Crippen LogP contribution in [0, 0.1) is 0 Å². The van der Waals surface area contributed by atoms with Crippen molar-refractivity contribution in [2.45, 2.75) is 18.1 Å². The van der Waals surface area contributed by atoms with Crippen LogP contribution in [0.1, 0.15) is 6.42 Å². The zero-order valence-corrected chi connectivity index (χ0v) is 6.19. The summed E-state index contributed by atoms with van der Waals surface area (Å²) in [6.07, 6.45) is -3.38. The molecule has 2 unspecified atom stereocenters. The van der Waals surface area contributed by atoms with Crippen molar-refractivity contribution >= 4 is 10.1 Å². The lowest BCUT2D eigenvalue weighted by atomic mass is 10.3. The number of hydrogen-bond acceptors (Lipinski definition) is 2. The average molecular weight is 192 g/mol. The summed E-state index contributed by atoms with van der Waals surface area (Å²) < 4.78 is 63.2. The van der Waals surface area contributed by atoms with Crippen LogP contribution < -0.4 is 0 Å². The predicted octanol–water partition coefficient (Wildman–Crippen LogP) is 0.868. The summed E-state index contributed by atoms with van der Waals surface area (Å²) in [6, 6.07) is 0. The lowest BCUT2D eigenvalue weighted by Crippen LogP contribution is -2.26. The van der Waals surface area contributed by atoms with Crippen LogP contribution in [0.25, 0.3) is 0 Å². The van der Waals surface area contributed by atoms with Crippen molar-refractivity contribution in [3.63, 3.8) is 0 Å². The molecule has 0 radical (unpaired) electrons. The van der Waals surface area contributed by atoms with Crippen molar-refractivity contribution in [3.8, 4) is 0 Å². The second-order valence-corrected chi connectivity index (χ2v) is 3.34. The van der Waals surface area contributed by atoms with Crippen LogP contribution in [0.5, 0.6) is 0 Å². The Morgan fingerprint density at radius 1 is 1.36 bits per heavy atom. The summed E-state index contributed by atoms with van der Waals surface area (Å²) in [6.45, 7) is -1.17. The molecule has 68 valence electrons. The summed E-state index contributed by atoms with van der Waals surface area (Å²) in [7, 11) is -5.03. The Kier molecular flexibility index (Phi) is 3.81. The van der Waals surface area contributed by atoms with Gasteiger partial charge in [0.1, 0.15) is 0 Å². The van der Waals surface area contributed by atoms with Gasteiger partial charge in [-0.1, -0.05) is 0 Å². The maximum atomic E-state index is 12.1. The van der Waals surface area contributed by atoms with Gasteiger partial charge in [-0.2, -0.15) is 8.42 Å². The number of hydrogen-bond donors (Lipinski definition) is 1. The third kappa shape index (κ3) is 3.57. The van der Waals surface area contributed by atoms with Gasteiger partial charge in [-0.15, -0.1) is 0 Å². The Labute approximate surface area is 62.0 Å². The van der Waals surface area contributed by atoms with Gasteiger partial charge in [-0.3, -0.25) is 8.94 Å². The second-order valence-electron chi connectivity index (χ2n) is 1.86. The van der Waals surface area contributed by atoms with Crippen molar-refractivity contribution in [2.24, 2.45) is 0 Å². The molecule has 0 aromatic heterocycles. The van der Waals surface area contributed by atoms with Gasteiger partial charge < -0.3 is 0 Å². The first kappa shape index (κ1) is 10.7. The predicted molar refractivity (Wildman–Crippen MR) is 31.9 cm³/mol. The molecule has 0 amide bonds. The molecule has 1 N–H and O–H groups in total. The van der Waals surface area contributed by atoms with Gasteiger partial charge in [0.05, 0.1) is 6.67 Å². The van der Waals surface area contributed by atoms with E-state index in [1.165, 1.54) is 0 Å². The smallest absolute Gasteiger partial charge is 0.283 e. The Morgan fingerprint density at radius 3 is 2.09 bits per heavy atom. The van der Waals surface area contributed by atoms with E-state index in [0.717, 1.165) is 0 Å². The Morgan fingerprint density at radius 2 is 1.82 bits per heavy atom. The summed E-state index contributed by atoms with van der Waals surface area (Å²) in [4.78, 5) is 0. The van der Waals surface area contributed by atoms with Crippen molar-refractivity contribution in [1.29, 1.82) is 0 Å². The molecular formula is C4H7F3O3S. The topological polar surface area (TPSA) is 54.4 Å². The van der Waals surface area contributed by atoms with E-state index in [1.54, 1.807) is 0 Å². The molecule has 0 aliphatic carbocycles. The van der Waals surface area contributed by atoms with Gasteiger partial charge in [0.2, 0.25) is 0 Å². The van der Waals surface area contributed by atoms with Gasteiger partial charge in [-0.05, 0) is 0 Å². The molecule has 7 heteroatoms. The highest BCUT2D eigenvalue weighted by atomic mass is 32.2. The van der Waals surface area contributed by atoms with Crippen molar-refractivity contribution < 1.29 is 26.1 Å². The van der Waals surface area contributed by atoms with Crippen LogP contribution in [0.3, 0.4) is 0 Å². The fraction of sp³-hybridized carbons (Fsp3) is 1.00. The molecule has 0 heterocycles. The number of alkyl halides is 3. The molecule has 0 fully saturated rings. The maximum absolute atomic E-state index is 12.1. The molecule has 0 saturated heterocycles. The molecule has 0 aromatic rings. The van der Waals surface area contributed by atoms with Gasteiger partial charge in [-0.25, -0.2) is 8.78 Å². The normalized spacial score (nSPS) is 17.8. The number of rotatable bonds is 4. The van der Waals surface area contributed by atoms with Crippen LogP contribution in [-0.2, 0) is 10.1 Å². The van der Waals surface area contributed by atoms with Gasteiger partial charge in [0, 0.05) is 6.42 Å². The molecule has 0 aliphatic heterocycles. The van der Waals surface area contributed by atoms with Crippen molar-refractivity contribution in [3.05, 3.63) is 0 Å². The molecule has 0 spiro atoms. The minimum Gasteiger partial charge on any atom is -0.283 e.